The average molecular weight is 275 g/mol. The lowest BCUT2D eigenvalue weighted by Gasteiger charge is -2.28. The summed E-state index contributed by atoms with van der Waals surface area (Å²) in [4.78, 5) is 14.3. The van der Waals surface area contributed by atoms with Gasteiger partial charge in [0.25, 0.3) is 0 Å². The topological polar surface area (TPSA) is 78.9 Å². The maximum atomic E-state index is 12.5. The van der Waals surface area contributed by atoms with Gasteiger partial charge in [-0.3, -0.25) is 4.79 Å². The normalized spacial score (nSPS) is 20.2. The second-order valence-corrected chi connectivity index (χ2v) is 5.76. The van der Waals surface area contributed by atoms with E-state index in [0.717, 1.165) is 6.42 Å². The molecule has 1 fully saturated rings. The summed E-state index contributed by atoms with van der Waals surface area (Å²) in [6.45, 7) is 4.76. The van der Waals surface area contributed by atoms with Crippen molar-refractivity contribution in [2.24, 2.45) is 16.3 Å². The molecule has 1 aromatic carbocycles. The molecule has 1 saturated heterocycles. The van der Waals surface area contributed by atoms with E-state index in [1.165, 1.54) is 5.56 Å². The fraction of sp³-hybridized carbons (Fsp3) is 0.467. The standard InChI is InChI=1S/C15H21N3O2/c1-15(2,13(16)17-20)14(19)18-9-8-12(10-18)11-6-4-3-5-7-11/h3-7,12,20H,8-10H2,1-2H3,(H2,16,17). The molecule has 1 aromatic rings. The van der Waals surface area contributed by atoms with Gasteiger partial charge in [0.1, 0.15) is 5.41 Å². The largest absolute Gasteiger partial charge is 0.409 e. The first kappa shape index (κ1) is 14.4. The highest BCUT2D eigenvalue weighted by atomic mass is 16.4. The number of amides is 1. The monoisotopic (exact) mass is 275 g/mol. The minimum atomic E-state index is -0.972. The molecule has 0 spiro atoms. The smallest absolute Gasteiger partial charge is 0.235 e. The summed E-state index contributed by atoms with van der Waals surface area (Å²) in [5.41, 5.74) is 5.90. The molecule has 0 saturated carbocycles. The van der Waals surface area contributed by atoms with Crippen molar-refractivity contribution in [1.29, 1.82) is 0 Å². The van der Waals surface area contributed by atoms with E-state index in [4.69, 9.17) is 10.9 Å². The second-order valence-electron chi connectivity index (χ2n) is 5.76. The number of amidine groups is 1. The molecule has 0 bridgehead atoms. The number of hydrogen-bond donors (Lipinski definition) is 2. The van der Waals surface area contributed by atoms with Crippen LogP contribution in [0.25, 0.3) is 0 Å². The number of carbonyl (C=O) groups excluding carboxylic acids is 1. The van der Waals surface area contributed by atoms with E-state index in [9.17, 15) is 4.79 Å². The zero-order valence-electron chi connectivity index (χ0n) is 11.9. The van der Waals surface area contributed by atoms with Gasteiger partial charge >= 0.3 is 0 Å². The molecular formula is C15H21N3O2. The number of rotatable bonds is 3. The molecule has 0 aliphatic carbocycles. The van der Waals surface area contributed by atoms with Gasteiger partial charge in [0.2, 0.25) is 5.91 Å². The Kier molecular flexibility index (Phi) is 3.97. The van der Waals surface area contributed by atoms with Crippen molar-refractivity contribution in [2.75, 3.05) is 13.1 Å². The van der Waals surface area contributed by atoms with Crippen LogP contribution in [-0.4, -0.2) is 34.9 Å². The maximum Gasteiger partial charge on any atom is 0.235 e. The van der Waals surface area contributed by atoms with Crippen LogP contribution in [0.5, 0.6) is 0 Å². The van der Waals surface area contributed by atoms with Crippen molar-refractivity contribution in [3.05, 3.63) is 35.9 Å². The quantitative estimate of drug-likeness (QED) is 0.382. The molecule has 0 aromatic heterocycles. The Morgan fingerprint density at radius 3 is 2.65 bits per heavy atom. The van der Waals surface area contributed by atoms with Crippen LogP contribution in [0.15, 0.2) is 35.5 Å². The Morgan fingerprint density at radius 2 is 2.05 bits per heavy atom. The van der Waals surface area contributed by atoms with E-state index in [2.05, 4.69) is 17.3 Å². The predicted octanol–water partition coefficient (Wildman–Crippen LogP) is 1.78. The van der Waals surface area contributed by atoms with Crippen molar-refractivity contribution < 1.29 is 10.0 Å². The molecule has 1 heterocycles. The van der Waals surface area contributed by atoms with Crippen LogP contribution in [0.2, 0.25) is 0 Å². The van der Waals surface area contributed by atoms with Crippen LogP contribution in [0, 0.1) is 5.41 Å². The molecule has 5 nitrogen and oxygen atoms in total. The Morgan fingerprint density at radius 1 is 1.40 bits per heavy atom. The minimum Gasteiger partial charge on any atom is -0.409 e. The van der Waals surface area contributed by atoms with E-state index >= 15 is 0 Å². The Labute approximate surface area is 119 Å². The molecule has 3 N–H and O–H groups in total. The van der Waals surface area contributed by atoms with Gasteiger partial charge in [0.05, 0.1) is 0 Å². The van der Waals surface area contributed by atoms with Gasteiger partial charge in [0.15, 0.2) is 5.84 Å². The van der Waals surface area contributed by atoms with E-state index in [1.807, 2.05) is 18.2 Å². The zero-order chi connectivity index (χ0) is 14.8. The summed E-state index contributed by atoms with van der Waals surface area (Å²) >= 11 is 0. The van der Waals surface area contributed by atoms with Crippen LogP contribution in [0.4, 0.5) is 0 Å². The summed E-state index contributed by atoms with van der Waals surface area (Å²) in [6, 6.07) is 10.2. The molecule has 108 valence electrons. The number of likely N-dealkylation sites (tertiary alicyclic amines) is 1. The molecule has 0 radical (unpaired) electrons. The molecule has 5 heteroatoms. The van der Waals surface area contributed by atoms with Crippen LogP contribution in [0.1, 0.15) is 31.7 Å². The van der Waals surface area contributed by atoms with Crippen molar-refractivity contribution in [3.8, 4) is 0 Å². The van der Waals surface area contributed by atoms with E-state index in [0.29, 0.717) is 19.0 Å². The van der Waals surface area contributed by atoms with Gasteiger partial charge in [-0.2, -0.15) is 0 Å². The van der Waals surface area contributed by atoms with Crippen molar-refractivity contribution >= 4 is 11.7 Å². The van der Waals surface area contributed by atoms with Crippen LogP contribution in [-0.2, 0) is 4.79 Å². The lowest BCUT2D eigenvalue weighted by molar-refractivity contribution is -0.136. The number of hydrogen-bond acceptors (Lipinski definition) is 3. The number of nitrogens with zero attached hydrogens (tertiary/aromatic N) is 2. The molecule has 1 aliphatic heterocycles. The van der Waals surface area contributed by atoms with Gasteiger partial charge in [-0.25, -0.2) is 0 Å². The third kappa shape index (κ3) is 2.61. The van der Waals surface area contributed by atoms with E-state index in [1.54, 1.807) is 18.7 Å². The number of oxime groups is 1. The summed E-state index contributed by atoms with van der Waals surface area (Å²) in [6.07, 6.45) is 0.946. The van der Waals surface area contributed by atoms with Crippen molar-refractivity contribution in [3.63, 3.8) is 0 Å². The first-order valence-electron chi connectivity index (χ1n) is 6.79. The van der Waals surface area contributed by atoms with Gasteiger partial charge < -0.3 is 15.8 Å². The summed E-state index contributed by atoms with van der Waals surface area (Å²) < 4.78 is 0. The SMILES string of the molecule is CC(C)(C(=O)N1CCC(c2ccccc2)C1)C(N)=NO. The van der Waals surface area contributed by atoms with Gasteiger partial charge in [-0.15, -0.1) is 0 Å². The maximum absolute atomic E-state index is 12.5. The number of benzene rings is 1. The fourth-order valence-corrected chi connectivity index (χ4v) is 2.57. The first-order valence-corrected chi connectivity index (χ1v) is 6.79. The van der Waals surface area contributed by atoms with Gasteiger partial charge in [0, 0.05) is 19.0 Å². The Balaban J connectivity index is 2.08. The van der Waals surface area contributed by atoms with E-state index in [-0.39, 0.29) is 11.7 Å². The third-order valence-electron chi connectivity index (χ3n) is 4.03. The van der Waals surface area contributed by atoms with E-state index < -0.39 is 5.41 Å². The molecule has 1 amide bonds. The lowest BCUT2D eigenvalue weighted by Crippen LogP contribution is -2.47. The van der Waals surface area contributed by atoms with Gasteiger partial charge in [-0.05, 0) is 25.8 Å². The summed E-state index contributed by atoms with van der Waals surface area (Å²) in [5.74, 6) is 0.222. The molecular weight excluding hydrogens is 254 g/mol. The molecule has 1 aliphatic rings. The van der Waals surface area contributed by atoms with Crippen molar-refractivity contribution in [2.45, 2.75) is 26.2 Å². The second kappa shape index (κ2) is 5.53. The van der Waals surface area contributed by atoms with Crippen LogP contribution in [0.3, 0.4) is 0 Å². The Hall–Kier alpha value is -2.04. The first-order chi connectivity index (χ1) is 9.46. The highest BCUT2D eigenvalue weighted by Crippen LogP contribution is 2.30. The molecule has 1 atom stereocenters. The number of carbonyl (C=O) groups is 1. The minimum absolute atomic E-state index is 0.0503. The van der Waals surface area contributed by atoms with Crippen LogP contribution >= 0.6 is 0 Å². The highest BCUT2D eigenvalue weighted by Gasteiger charge is 2.39. The zero-order valence-corrected chi connectivity index (χ0v) is 11.9. The number of nitrogens with two attached hydrogens (primary N) is 1. The lowest BCUT2D eigenvalue weighted by atomic mass is 9.90. The Bertz CT molecular complexity index is 511. The third-order valence-corrected chi connectivity index (χ3v) is 4.03. The average Bonchev–Trinajstić information content (AvgIpc) is 2.96. The van der Waals surface area contributed by atoms with Crippen LogP contribution < -0.4 is 5.73 Å². The van der Waals surface area contributed by atoms with Gasteiger partial charge in [-0.1, -0.05) is 35.5 Å². The summed E-state index contributed by atoms with van der Waals surface area (Å²) in [5, 5.41) is 11.8. The molecule has 1 unspecified atom stereocenters. The fourth-order valence-electron chi connectivity index (χ4n) is 2.57. The molecule has 2 rings (SSSR count). The highest BCUT2D eigenvalue weighted by molar-refractivity contribution is 6.05. The van der Waals surface area contributed by atoms with Crippen molar-refractivity contribution in [1.82, 2.24) is 4.90 Å². The predicted molar refractivity (Wildman–Crippen MR) is 77.6 cm³/mol. The summed E-state index contributed by atoms with van der Waals surface area (Å²) in [7, 11) is 0. The molecule has 20 heavy (non-hydrogen) atoms.